The van der Waals surface area contributed by atoms with Crippen molar-refractivity contribution >= 4 is 45.0 Å². The van der Waals surface area contributed by atoms with Gasteiger partial charge in [0.15, 0.2) is 12.4 Å². The van der Waals surface area contributed by atoms with E-state index in [1.807, 2.05) is 0 Å². The first kappa shape index (κ1) is 19.4. The third-order valence-electron chi connectivity index (χ3n) is 3.34. The minimum atomic E-state index is -0.643. The molecule has 132 valence electrons. The summed E-state index contributed by atoms with van der Waals surface area (Å²) in [5.74, 6) is -0.698. The standard InChI is InChI=1S/C18H17BrClNO4/c19-14-5-1-12(2-6-14)17(23)11-25-18(24)13-3-7-15(8-4-13)21-10-16(22)9-20/h1-8,16,21-22H,9-11H2. The second-order valence-corrected chi connectivity index (χ2v) is 6.50. The molecule has 0 heterocycles. The molecule has 2 rings (SSSR count). The van der Waals surface area contributed by atoms with Crippen molar-refractivity contribution in [3.63, 3.8) is 0 Å². The summed E-state index contributed by atoms with van der Waals surface area (Å²) >= 11 is 8.81. The third-order valence-corrected chi connectivity index (χ3v) is 4.23. The summed E-state index contributed by atoms with van der Waals surface area (Å²) in [6.45, 7) is -0.00261. The Morgan fingerprint density at radius 1 is 1.08 bits per heavy atom. The van der Waals surface area contributed by atoms with Gasteiger partial charge in [0.25, 0.3) is 0 Å². The van der Waals surface area contributed by atoms with Gasteiger partial charge in [-0.25, -0.2) is 4.79 Å². The number of halogens is 2. The van der Waals surface area contributed by atoms with Gasteiger partial charge >= 0.3 is 5.97 Å². The fourth-order valence-corrected chi connectivity index (χ4v) is 2.32. The summed E-state index contributed by atoms with van der Waals surface area (Å²) in [4.78, 5) is 24.0. The lowest BCUT2D eigenvalue weighted by Crippen LogP contribution is -2.20. The van der Waals surface area contributed by atoms with Gasteiger partial charge in [0.1, 0.15) is 0 Å². The lowest BCUT2D eigenvalue weighted by molar-refractivity contribution is 0.0475. The maximum absolute atomic E-state index is 12.0. The van der Waals surface area contributed by atoms with E-state index in [-0.39, 0.29) is 18.3 Å². The molecule has 0 aliphatic rings. The number of nitrogens with one attached hydrogen (secondary N) is 1. The second-order valence-electron chi connectivity index (χ2n) is 5.27. The van der Waals surface area contributed by atoms with Crippen molar-refractivity contribution < 1.29 is 19.4 Å². The number of esters is 1. The number of aliphatic hydroxyl groups is 1. The molecule has 0 amide bonds. The van der Waals surface area contributed by atoms with Gasteiger partial charge in [0.2, 0.25) is 0 Å². The smallest absolute Gasteiger partial charge is 0.338 e. The number of anilines is 1. The molecule has 2 aromatic carbocycles. The van der Waals surface area contributed by atoms with E-state index in [0.29, 0.717) is 17.7 Å². The first-order valence-electron chi connectivity index (χ1n) is 7.53. The lowest BCUT2D eigenvalue weighted by atomic mass is 10.1. The molecule has 0 radical (unpaired) electrons. The van der Waals surface area contributed by atoms with Crippen molar-refractivity contribution in [1.82, 2.24) is 0 Å². The first-order valence-corrected chi connectivity index (χ1v) is 8.86. The monoisotopic (exact) mass is 425 g/mol. The second kappa shape index (κ2) is 9.56. The molecule has 0 aliphatic carbocycles. The van der Waals surface area contributed by atoms with Crippen LogP contribution in [0.5, 0.6) is 0 Å². The predicted octanol–water partition coefficient (Wildman–Crippen LogP) is 3.50. The summed E-state index contributed by atoms with van der Waals surface area (Å²) in [5, 5.41) is 12.4. The molecule has 0 saturated heterocycles. The summed E-state index contributed by atoms with van der Waals surface area (Å²) in [7, 11) is 0. The van der Waals surface area contributed by atoms with E-state index < -0.39 is 12.1 Å². The molecule has 25 heavy (non-hydrogen) atoms. The molecule has 7 heteroatoms. The number of carbonyl (C=O) groups is 2. The van der Waals surface area contributed by atoms with Crippen LogP contribution < -0.4 is 5.32 Å². The van der Waals surface area contributed by atoms with Crippen LogP contribution in [-0.2, 0) is 4.74 Å². The average molecular weight is 427 g/mol. The van der Waals surface area contributed by atoms with Crippen molar-refractivity contribution in [1.29, 1.82) is 0 Å². The molecule has 0 bridgehead atoms. The van der Waals surface area contributed by atoms with E-state index in [9.17, 15) is 14.7 Å². The molecule has 2 N–H and O–H groups in total. The first-order chi connectivity index (χ1) is 12.0. The Bertz CT molecular complexity index is 719. The topological polar surface area (TPSA) is 75.6 Å². The Morgan fingerprint density at radius 2 is 1.68 bits per heavy atom. The van der Waals surface area contributed by atoms with E-state index in [1.165, 1.54) is 0 Å². The van der Waals surface area contributed by atoms with Gasteiger partial charge in [-0.3, -0.25) is 4.79 Å². The Morgan fingerprint density at radius 3 is 2.28 bits per heavy atom. The minimum absolute atomic E-state index is 0.143. The number of hydrogen-bond donors (Lipinski definition) is 2. The summed E-state index contributed by atoms with van der Waals surface area (Å²) < 4.78 is 5.92. The number of Topliss-reactive ketones (excluding diaryl/α,β-unsaturated/α-hetero) is 1. The number of hydrogen-bond acceptors (Lipinski definition) is 5. The zero-order chi connectivity index (χ0) is 18.2. The van der Waals surface area contributed by atoms with Crippen LogP contribution in [0.2, 0.25) is 0 Å². The molecule has 5 nitrogen and oxygen atoms in total. The molecule has 0 aromatic heterocycles. The van der Waals surface area contributed by atoms with Crippen molar-refractivity contribution in [3.05, 3.63) is 64.1 Å². The van der Waals surface area contributed by atoms with Crippen LogP contribution in [-0.4, -0.2) is 42.0 Å². The van der Waals surface area contributed by atoms with Crippen molar-refractivity contribution in [2.45, 2.75) is 6.10 Å². The molecular weight excluding hydrogens is 410 g/mol. The van der Waals surface area contributed by atoms with Crippen LogP contribution in [0.1, 0.15) is 20.7 Å². The van der Waals surface area contributed by atoms with Gasteiger partial charge in [0.05, 0.1) is 17.5 Å². The van der Waals surface area contributed by atoms with Crippen LogP contribution >= 0.6 is 27.5 Å². The van der Waals surface area contributed by atoms with Crippen molar-refractivity contribution in [3.8, 4) is 0 Å². The highest BCUT2D eigenvalue weighted by atomic mass is 79.9. The van der Waals surface area contributed by atoms with E-state index in [0.717, 1.165) is 10.2 Å². The molecule has 2 aromatic rings. The van der Waals surface area contributed by atoms with Crippen molar-refractivity contribution in [2.24, 2.45) is 0 Å². The molecule has 0 fully saturated rings. The predicted molar refractivity (Wildman–Crippen MR) is 100 cm³/mol. The number of alkyl halides is 1. The Labute approximate surface area is 159 Å². The molecular formula is C18H17BrClNO4. The van der Waals surface area contributed by atoms with Crippen molar-refractivity contribution in [2.75, 3.05) is 24.3 Å². The normalized spacial score (nSPS) is 11.6. The quantitative estimate of drug-likeness (QED) is 0.384. The number of rotatable bonds is 8. The molecule has 0 saturated carbocycles. The highest BCUT2D eigenvalue weighted by Crippen LogP contribution is 2.13. The largest absolute Gasteiger partial charge is 0.454 e. The number of carbonyl (C=O) groups excluding carboxylic acids is 2. The fourth-order valence-electron chi connectivity index (χ4n) is 1.95. The van der Waals surface area contributed by atoms with Gasteiger partial charge in [-0.2, -0.15) is 0 Å². The fraction of sp³-hybridized carbons (Fsp3) is 0.222. The van der Waals surface area contributed by atoms with Gasteiger partial charge in [-0.1, -0.05) is 28.1 Å². The van der Waals surface area contributed by atoms with Crippen LogP contribution in [0.3, 0.4) is 0 Å². The van der Waals surface area contributed by atoms with Crippen LogP contribution in [0.15, 0.2) is 53.0 Å². The molecule has 1 atom stereocenters. The summed E-state index contributed by atoms with van der Waals surface area (Å²) in [6.07, 6.45) is -0.643. The van der Waals surface area contributed by atoms with E-state index >= 15 is 0 Å². The van der Waals surface area contributed by atoms with Crippen LogP contribution in [0, 0.1) is 0 Å². The lowest BCUT2D eigenvalue weighted by Gasteiger charge is -2.10. The van der Waals surface area contributed by atoms with Crippen LogP contribution in [0.4, 0.5) is 5.69 Å². The summed E-state index contributed by atoms with van der Waals surface area (Å²) in [6, 6.07) is 13.4. The van der Waals surface area contributed by atoms with E-state index in [2.05, 4.69) is 21.2 Å². The van der Waals surface area contributed by atoms with Gasteiger partial charge in [-0.05, 0) is 36.4 Å². The molecule has 0 aliphatic heterocycles. The van der Waals surface area contributed by atoms with Gasteiger partial charge in [-0.15, -0.1) is 11.6 Å². The average Bonchev–Trinajstić information content (AvgIpc) is 2.64. The maximum atomic E-state index is 12.0. The maximum Gasteiger partial charge on any atom is 0.338 e. The Hall–Kier alpha value is -1.89. The highest BCUT2D eigenvalue weighted by molar-refractivity contribution is 9.10. The third kappa shape index (κ3) is 6.16. The summed E-state index contributed by atoms with van der Waals surface area (Å²) in [5.41, 5.74) is 1.56. The van der Waals surface area contributed by atoms with Gasteiger partial charge < -0.3 is 15.2 Å². The Balaban J connectivity index is 1.86. The minimum Gasteiger partial charge on any atom is -0.454 e. The zero-order valence-corrected chi connectivity index (χ0v) is 15.6. The molecule has 0 spiro atoms. The van der Waals surface area contributed by atoms with E-state index in [4.69, 9.17) is 16.3 Å². The SMILES string of the molecule is O=C(COC(=O)c1ccc(NCC(O)CCl)cc1)c1ccc(Br)cc1. The number of benzene rings is 2. The molecule has 1 unspecified atom stereocenters. The highest BCUT2D eigenvalue weighted by Gasteiger charge is 2.12. The number of aliphatic hydroxyl groups excluding tert-OH is 1. The van der Waals surface area contributed by atoms with Gasteiger partial charge in [0, 0.05) is 22.3 Å². The zero-order valence-electron chi connectivity index (χ0n) is 13.2. The number of ether oxygens (including phenoxy) is 1. The Kier molecular flexibility index (Phi) is 7.43. The number of ketones is 1. The van der Waals surface area contributed by atoms with E-state index in [1.54, 1.807) is 48.5 Å². The van der Waals surface area contributed by atoms with Crippen LogP contribution in [0.25, 0.3) is 0 Å².